The van der Waals surface area contributed by atoms with Gasteiger partial charge in [-0.15, -0.1) is 0 Å². The van der Waals surface area contributed by atoms with Gasteiger partial charge in [0, 0.05) is 12.7 Å². The summed E-state index contributed by atoms with van der Waals surface area (Å²) in [5.74, 6) is 0. The third-order valence-corrected chi connectivity index (χ3v) is 5.05. The van der Waals surface area contributed by atoms with E-state index in [0.717, 1.165) is 5.56 Å². The van der Waals surface area contributed by atoms with Crippen molar-refractivity contribution in [3.8, 4) is 0 Å². The van der Waals surface area contributed by atoms with Crippen LogP contribution in [0.15, 0.2) is 47.5 Å². The Balaban J connectivity index is 2.31. The highest BCUT2D eigenvalue weighted by molar-refractivity contribution is 7.89. The standard InChI is InChI=1S/C15H19N3O2S/c1-11-13(10-16)6-5-8-15(11)21(19,20)18-12(2)14-7-3-4-9-17-14/h3-9,12,18H,10,16H2,1-2H3. The van der Waals surface area contributed by atoms with Gasteiger partial charge in [-0.1, -0.05) is 18.2 Å². The summed E-state index contributed by atoms with van der Waals surface area (Å²) in [5, 5.41) is 0. The van der Waals surface area contributed by atoms with Gasteiger partial charge in [0.1, 0.15) is 0 Å². The summed E-state index contributed by atoms with van der Waals surface area (Å²) in [6.07, 6.45) is 1.64. The van der Waals surface area contributed by atoms with Gasteiger partial charge in [0.05, 0.1) is 16.6 Å². The van der Waals surface area contributed by atoms with Crippen LogP contribution in [0, 0.1) is 6.92 Å². The van der Waals surface area contributed by atoms with Crippen molar-refractivity contribution < 1.29 is 8.42 Å². The molecular weight excluding hydrogens is 286 g/mol. The summed E-state index contributed by atoms with van der Waals surface area (Å²) in [6, 6.07) is 10.1. The number of benzene rings is 1. The van der Waals surface area contributed by atoms with Crippen LogP contribution < -0.4 is 10.5 Å². The monoisotopic (exact) mass is 305 g/mol. The lowest BCUT2D eigenvalue weighted by Gasteiger charge is -2.16. The lowest BCUT2D eigenvalue weighted by molar-refractivity contribution is 0.563. The number of nitrogens with zero attached hydrogens (tertiary/aromatic N) is 1. The molecule has 1 aromatic carbocycles. The number of pyridine rings is 1. The molecule has 0 fully saturated rings. The van der Waals surface area contributed by atoms with E-state index in [4.69, 9.17) is 5.73 Å². The third kappa shape index (κ3) is 3.47. The number of rotatable bonds is 5. The van der Waals surface area contributed by atoms with Crippen molar-refractivity contribution in [2.75, 3.05) is 0 Å². The fraction of sp³-hybridized carbons (Fsp3) is 0.267. The molecule has 21 heavy (non-hydrogen) atoms. The van der Waals surface area contributed by atoms with Gasteiger partial charge in [0.15, 0.2) is 0 Å². The zero-order chi connectivity index (χ0) is 15.5. The molecular formula is C15H19N3O2S. The molecule has 6 heteroatoms. The van der Waals surface area contributed by atoms with E-state index in [1.807, 2.05) is 12.1 Å². The maximum Gasteiger partial charge on any atom is 0.241 e. The smallest absolute Gasteiger partial charge is 0.241 e. The summed E-state index contributed by atoms with van der Waals surface area (Å²) in [4.78, 5) is 4.42. The van der Waals surface area contributed by atoms with Crippen molar-refractivity contribution >= 4 is 10.0 Å². The summed E-state index contributed by atoms with van der Waals surface area (Å²) in [5.41, 5.74) is 7.81. The van der Waals surface area contributed by atoms with Gasteiger partial charge < -0.3 is 5.73 Å². The summed E-state index contributed by atoms with van der Waals surface area (Å²) < 4.78 is 27.7. The fourth-order valence-electron chi connectivity index (χ4n) is 2.16. The molecule has 112 valence electrons. The minimum absolute atomic E-state index is 0.258. The highest BCUT2D eigenvalue weighted by Crippen LogP contribution is 2.21. The first-order chi connectivity index (χ1) is 9.95. The van der Waals surface area contributed by atoms with Crippen LogP contribution in [-0.2, 0) is 16.6 Å². The molecule has 1 unspecified atom stereocenters. The average Bonchev–Trinajstić information content (AvgIpc) is 2.47. The SMILES string of the molecule is Cc1c(CN)cccc1S(=O)(=O)NC(C)c1ccccn1. The highest BCUT2D eigenvalue weighted by atomic mass is 32.2. The molecule has 1 atom stereocenters. The molecule has 2 aromatic rings. The first-order valence-corrected chi connectivity index (χ1v) is 8.16. The Hall–Kier alpha value is -1.76. The molecule has 1 aromatic heterocycles. The second-order valence-electron chi connectivity index (χ2n) is 4.84. The highest BCUT2D eigenvalue weighted by Gasteiger charge is 2.21. The van der Waals surface area contributed by atoms with E-state index in [2.05, 4.69) is 9.71 Å². The Labute approximate surface area is 125 Å². The van der Waals surface area contributed by atoms with E-state index < -0.39 is 16.1 Å². The van der Waals surface area contributed by atoms with E-state index in [1.54, 1.807) is 44.3 Å². The van der Waals surface area contributed by atoms with Crippen LogP contribution in [0.1, 0.15) is 29.8 Å². The molecule has 0 bridgehead atoms. The molecule has 0 saturated carbocycles. The lowest BCUT2D eigenvalue weighted by Crippen LogP contribution is -2.28. The van der Waals surface area contributed by atoms with Gasteiger partial charge in [-0.25, -0.2) is 13.1 Å². The molecule has 1 heterocycles. The van der Waals surface area contributed by atoms with Crippen LogP contribution in [0.3, 0.4) is 0 Å². The van der Waals surface area contributed by atoms with Crippen LogP contribution in [0.4, 0.5) is 0 Å². The van der Waals surface area contributed by atoms with E-state index in [9.17, 15) is 8.42 Å². The zero-order valence-corrected chi connectivity index (χ0v) is 12.9. The van der Waals surface area contributed by atoms with Crippen molar-refractivity contribution in [2.24, 2.45) is 5.73 Å². The molecule has 0 spiro atoms. The zero-order valence-electron chi connectivity index (χ0n) is 12.1. The number of sulfonamides is 1. The predicted molar refractivity (Wildman–Crippen MR) is 82.0 cm³/mol. The minimum Gasteiger partial charge on any atom is -0.326 e. The minimum atomic E-state index is -3.62. The molecule has 0 aliphatic rings. The van der Waals surface area contributed by atoms with Gasteiger partial charge in [-0.2, -0.15) is 0 Å². The molecule has 0 radical (unpaired) electrons. The summed E-state index contributed by atoms with van der Waals surface area (Å²) in [6.45, 7) is 3.84. The van der Waals surface area contributed by atoms with Gasteiger partial charge in [0.2, 0.25) is 10.0 Å². The number of hydrogen-bond donors (Lipinski definition) is 2. The fourth-order valence-corrected chi connectivity index (χ4v) is 3.67. The molecule has 0 aliphatic carbocycles. The normalized spacial score (nSPS) is 13.1. The van der Waals surface area contributed by atoms with Gasteiger partial charge in [0.25, 0.3) is 0 Å². The first kappa shape index (κ1) is 15.6. The van der Waals surface area contributed by atoms with Gasteiger partial charge in [-0.05, 0) is 43.2 Å². The summed E-state index contributed by atoms with van der Waals surface area (Å²) >= 11 is 0. The molecule has 3 N–H and O–H groups in total. The summed E-state index contributed by atoms with van der Waals surface area (Å²) in [7, 11) is -3.62. The van der Waals surface area contributed by atoms with Crippen LogP contribution in [0.5, 0.6) is 0 Å². The van der Waals surface area contributed by atoms with Crippen LogP contribution in [0.25, 0.3) is 0 Å². The van der Waals surface area contributed by atoms with Crippen molar-refractivity contribution in [3.05, 3.63) is 59.4 Å². The molecule has 2 rings (SSSR count). The molecule has 0 saturated heterocycles. The molecule has 0 amide bonds. The Kier molecular flexibility index (Phi) is 4.72. The largest absolute Gasteiger partial charge is 0.326 e. The van der Waals surface area contributed by atoms with Gasteiger partial charge >= 0.3 is 0 Å². The molecule has 0 aliphatic heterocycles. The molecule has 5 nitrogen and oxygen atoms in total. The predicted octanol–water partition coefficient (Wildman–Crippen LogP) is 1.89. The Morgan fingerprint density at radius 2 is 2.00 bits per heavy atom. The topological polar surface area (TPSA) is 85.1 Å². The number of aromatic nitrogens is 1. The van der Waals surface area contributed by atoms with E-state index in [1.165, 1.54) is 0 Å². The van der Waals surface area contributed by atoms with Crippen molar-refractivity contribution in [2.45, 2.75) is 31.3 Å². The Bertz CT molecular complexity index is 715. The van der Waals surface area contributed by atoms with Gasteiger partial charge in [-0.3, -0.25) is 4.98 Å². The van der Waals surface area contributed by atoms with Crippen LogP contribution >= 0.6 is 0 Å². The van der Waals surface area contributed by atoms with Crippen molar-refractivity contribution in [1.82, 2.24) is 9.71 Å². The van der Waals surface area contributed by atoms with E-state index in [0.29, 0.717) is 17.8 Å². The maximum atomic E-state index is 12.5. The first-order valence-electron chi connectivity index (χ1n) is 6.67. The van der Waals surface area contributed by atoms with Crippen molar-refractivity contribution in [3.63, 3.8) is 0 Å². The average molecular weight is 305 g/mol. The number of nitrogens with two attached hydrogens (primary N) is 1. The van der Waals surface area contributed by atoms with Crippen LogP contribution in [-0.4, -0.2) is 13.4 Å². The Morgan fingerprint density at radius 1 is 1.24 bits per heavy atom. The maximum absolute atomic E-state index is 12.5. The second-order valence-corrected chi connectivity index (χ2v) is 6.52. The number of nitrogens with one attached hydrogen (secondary N) is 1. The Morgan fingerprint density at radius 3 is 2.62 bits per heavy atom. The number of hydrogen-bond acceptors (Lipinski definition) is 4. The van der Waals surface area contributed by atoms with E-state index in [-0.39, 0.29) is 4.90 Å². The second kappa shape index (κ2) is 6.34. The van der Waals surface area contributed by atoms with E-state index >= 15 is 0 Å². The third-order valence-electron chi connectivity index (χ3n) is 3.37. The van der Waals surface area contributed by atoms with Crippen molar-refractivity contribution in [1.29, 1.82) is 0 Å². The quantitative estimate of drug-likeness (QED) is 0.883. The van der Waals surface area contributed by atoms with Crippen LogP contribution in [0.2, 0.25) is 0 Å². The lowest BCUT2D eigenvalue weighted by atomic mass is 10.1.